The van der Waals surface area contributed by atoms with Gasteiger partial charge in [-0.1, -0.05) is 30.3 Å². The maximum atomic E-state index is 12.7. The maximum absolute atomic E-state index is 12.7. The fourth-order valence-electron chi connectivity index (χ4n) is 3.39. The number of likely N-dealkylation sites (tertiary alicyclic amines) is 1. The van der Waals surface area contributed by atoms with Gasteiger partial charge in [-0.15, -0.1) is 0 Å². The van der Waals surface area contributed by atoms with E-state index in [1.165, 1.54) is 6.92 Å². The van der Waals surface area contributed by atoms with E-state index >= 15 is 0 Å². The maximum Gasteiger partial charge on any atom is 0.254 e. The van der Waals surface area contributed by atoms with E-state index in [0.717, 1.165) is 11.1 Å². The first-order valence-corrected chi connectivity index (χ1v) is 9.22. The van der Waals surface area contributed by atoms with Gasteiger partial charge >= 0.3 is 0 Å². The van der Waals surface area contributed by atoms with Crippen molar-refractivity contribution in [1.82, 2.24) is 4.90 Å². The number of benzene rings is 2. The first-order chi connectivity index (χ1) is 13.0. The number of nitrogens with one attached hydrogen (secondary N) is 1. The zero-order chi connectivity index (χ0) is 19.4. The highest BCUT2D eigenvalue weighted by Crippen LogP contribution is 2.22. The van der Waals surface area contributed by atoms with Crippen molar-refractivity contribution in [2.24, 2.45) is 5.92 Å². The second kappa shape index (κ2) is 8.16. The second-order valence-corrected chi connectivity index (χ2v) is 7.01. The summed E-state index contributed by atoms with van der Waals surface area (Å²) < 4.78 is 0. The van der Waals surface area contributed by atoms with Crippen LogP contribution in [0.4, 0.5) is 5.69 Å². The minimum atomic E-state index is -0.132. The molecule has 0 aromatic heterocycles. The number of hydrogen-bond donors (Lipinski definition) is 1. The normalized spacial score (nSPS) is 14.7. The van der Waals surface area contributed by atoms with Crippen LogP contribution in [0.2, 0.25) is 0 Å². The van der Waals surface area contributed by atoms with Crippen LogP contribution in [0, 0.1) is 12.8 Å². The van der Waals surface area contributed by atoms with Gasteiger partial charge in [0, 0.05) is 35.8 Å². The van der Waals surface area contributed by atoms with Gasteiger partial charge in [0.2, 0.25) is 5.91 Å². The molecule has 5 nitrogen and oxygen atoms in total. The Labute approximate surface area is 159 Å². The van der Waals surface area contributed by atoms with Crippen LogP contribution in [0.25, 0.3) is 0 Å². The van der Waals surface area contributed by atoms with Gasteiger partial charge in [0.25, 0.3) is 5.91 Å². The van der Waals surface area contributed by atoms with E-state index in [-0.39, 0.29) is 23.5 Å². The first-order valence-electron chi connectivity index (χ1n) is 9.22. The molecule has 2 aromatic rings. The predicted octanol–water partition coefficient (Wildman–Crippen LogP) is 3.69. The number of carbonyl (C=O) groups excluding carboxylic acids is 3. The molecule has 27 heavy (non-hydrogen) atoms. The molecule has 0 spiro atoms. The van der Waals surface area contributed by atoms with Crippen molar-refractivity contribution in [2.75, 3.05) is 18.4 Å². The van der Waals surface area contributed by atoms with Gasteiger partial charge in [0.15, 0.2) is 5.78 Å². The zero-order valence-electron chi connectivity index (χ0n) is 15.7. The number of piperidine rings is 1. The monoisotopic (exact) mass is 364 g/mol. The Hall–Kier alpha value is -2.95. The van der Waals surface area contributed by atoms with Gasteiger partial charge in [-0.2, -0.15) is 0 Å². The van der Waals surface area contributed by atoms with E-state index in [1.54, 1.807) is 24.3 Å². The van der Waals surface area contributed by atoms with Gasteiger partial charge in [0.05, 0.1) is 0 Å². The van der Waals surface area contributed by atoms with Crippen LogP contribution in [0.5, 0.6) is 0 Å². The van der Waals surface area contributed by atoms with Crippen molar-refractivity contribution in [2.45, 2.75) is 26.7 Å². The van der Waals surface area contributed by atoms with Crippen LogP contribution in [-0.4, -0.2) is 35.6 Å². The number of anilines is 1. The van der Waals surface area contributed by atoms with E-state index in [4.69, 9.17) is 0 Å². The van der Waals surface area contributed by atoms with Crippen molar-refractivity contribution in [3.05, 3.63) is 65.2 Å². The molecule has 1 saturated heterocycles. The van der Waals surface area contributed by atoms with Gasteiger partial charge < -0.3 is 10.2 Å². The summed E-state index contributed by atoms with van der Waals surface area (Å²) >= 11 is 0. The third kappa shape index (κ3) is 4.42. The minimum absolute atomic E-state index is 0.0288. The Bertz CT molecular complexity index is 867. The molecule has 0 saturated carbocycles. The number of Topliss-reactive ketones (excluding diaryl/α,β-unsaturated/α-hetero) is 1. The molecule has 1 N–H and O–H groups in total. The standard InChI is InChI=1S/C22H24N2O3/c1-15-6-3-4-9-20(15)22(27)24-12-10-17(11-13-24)21(26)23-19-8-5-7-18(14-19)16(2)25/h3-9,14,17H,10-13H2,1-2H3,(H,23,26). The molecule has 2 aromatic carbocycles. The molecular formula is C22H24N2O3. The summed E-state index contributed by atoms with van der Waals surface area (Å²) in [6.45, 7) is 4.57. The lowest BCUT2D eigenvalue weighted by molar-refractivity contribution is -0.121. The smallest absolute Gasteiger partial charge is 0.254 e. The Balaban J connectivity index is 1.58. The second-order valence-electron chi connectivity index (χ2n) is 7.01. The third-order valence-corrected chi connectivity index (χ3v) is 5.07. The molecule has 0 aliphatic carbocycles. The van der Waals surface area contributed by atoms with Crippen molar-refractivity contribution in [3.8, 4) is 0 Å². The van der Waals surface area contributed by atoms with Gasteiger partial charge in [-0.25, -0.2) is 0 Å². The van der Waals surface area contributed by atoms with Crippen LogP contribution in [0.1, 0.15) is 46.0 Å². The van der Waals surface area contributed by atoms with Crippen LogP contribution >= 0.6 is 0 Å². The summed E-state index contributed by atoms with van der Waals surface area (Å²) in [4.78, 5) is 38.5. The summed E-state index contributed by atoms with van der Waals surface area (Å²) in [5.41, 5.74) is 2.90. The summed E-state index contributed by atoms with van der Waals surface area (Å²) in [6.07, 6.45) is 1.27. The Kier molecular flexibility index (Phi) is 5.69. The molecule has 1 aliphatic heterocycles. The highest BCUT2D eigenvalue weighted by atomic mass is 16.2. The molecule has 1 aliphatic rings. The average molecular weight is 364 g/mol. The number of carbonyl (C=O) groups is 3. The highest BCUT2D eigenvalue weighted by molar-refractivity contribution is 5.98. The molecular weight excluding hydrogens is 340 g/mol. The molecule has 1 fully saturated rings. The van der Waals surface area contributed by atoms with E-state index in [0.29, 0.717) is 37.2 Å². The molecule has 1 heterocycles. The molecule has 3 rings (SSSR count). The number of amides is 2. The number of nitrogens with zero attached hydrogens (tertiary/aromatic N) is 1. The molecule has 2 amide bonds. The van der Waals surface area contributed by atoms with E-state index in [2.05, 4.69) is 5.32 Å². The molecule has 0 radical (unpaired) electrons. The van der Waals surface area contributed by atoms with Crippen molar-refractivity contribution >= 4 is 23.3 Å². The fraction of sp³-hybridized carbons (Fsp3) is 0.318. The largest absolute Gasteiger partial charge is 0.339 e. The van der Waals surface area contributed by atoms with Gasteiger partial charge in [-0.05, 0) is 50.5 Å². The van der Waals surface area contributed by atoms with Crippen LogP contribution in [0.3, 0.4) is 0 Å². The lowest BCUT2D eigenvalue weighted by atomic mass is 9.95. The lowest BCUT2D eigenvalue weighted by Gasteiger charge is -2.31. The number of ketones is 1. The Morgan fingerprint density at radius 3 is 2.37 bits per heavy atom. The summed E-state index contributed by atoms with van der Waals surface area (Å²) in [7, 11) is 0. The zero-order valence-corrected chi connectivity index (χ0v) is 15.7. The molecule has 140 valence electrons. The van der Waals surface area contributed by atoms with Gasteiger partial charge in [0.1, 0.15) is 0 Å². The van der Waals surface area contributed by atoms with Crippen LogP contribution in [-0.2, 0) is 4.79 Å². The Morgan fingerprint density at radius 1 is 1.00 bits per heavy atom. The minimum Gasteiger partial charge on any atom is -0.339 e. The first kappa shape index (κ1) is 18.8. The molecule has 5 heteroatoms. The van der Waals surface area contributed by atoms with Gasteiger partial charge in [-0.3, -0.25) is 14.4 Å². The number of rotatable bonds is 4. The Morgan fingerprint density at radius 2 is 1.70 bits per heavy atom. The highest BCUT2D eigenvalue weighted by Gasteiger charge is 2.28. The van der Waals surface area contributed by atoms with Crippen molar-refractivity contribution in [1.29, 1.82) is 0 Å². The summed E-state index contributed by atoms with van der Waals surface area (Å²) in [6, 6.07) is 14.5. The fourth-order valence-corrected chi connectivity index (χ4v) is 3.39. The number of aryl methyl sites for hydroxylation is 1. The number of hydrogen-bond acceptors (Lipinski definition) is 3. The quantitative estimate of drug-likeness (QED) is 0.842. The summed E-state index contributed by atoms with van der Waals surface area (Å²) in [5, 5.41) is 2.90. The van der Waals surface area contributed by atoms with Crippen LogP contribution < -0.4 is 5.32 Å². The van der Waals surface area contributed by atoms with Crippen molar-refractivity contribution < 1.29 is 14.4 Å². The topological polar surface area (TPSA) is 66.5 Å². The lowest BCUT2D eigenvalue weighted by Crippen LogP contribution is -2.41. The van der Waals surface area contributed by atoms with Crippen molar-refractivity contribution in [3.63, 3.8) is 0 Å². The average Bonchev–Trinajstić information content (AvgIpc) is 2.68. The molecule has 0 bridgehead atoms. The predicted molar refractivity (Wildman–Crippen MR) is 105 cm³/mol. The SMILES string of the molecule is CC(=O)c1cccc(NC(=O)C2CCN(C(=O)c3ccccc3C)CC2)c1. The van der Waals surface area contributed by atoms with Crippen LogP contribution in [0.15, 0.2) is 48.5 Å². The molecule has 0 atom stereocenters. The summed E-state index contributed by atoms with van der Waals surface area (Å²) in [5.74, 6) is -0.194. The van der Waals surface area contributed by atoms with E-state index in [9.17, 15) is 14.4 Å². The third-order valence-electron chi connectivity index (χ3n) is 5.07. The van der Waals surface area contributed by atoms with E-state index in [1.807, 2.05) is 36.1 Å². The van der Waals surface area contributed by atoms with E-state index < -0.39 is 0 Å². The molecule has 0 unspecified atom stereocenters.